The fourth-order valence-corrected chi connectivity index (χ4v) is 3.91. The number of carbonyl (C=O) groups excluding carboxylic acids is 1. The van der Waals surface area contributed by atoms with E-state index in [0.29, 0.717) is 12.0 Å². The molecule has 0 aliphatic heterocycles. The van der Waals surface area contributed by atoms with Gasteiger partial charge in [-0.1, -0.05) is 27.2 Å². The molecule has 1 fully saturated rings. The van der Waals surface area contributed by atoms with E-state index in [2.05, 4.69) is 38.0 Å². The maximum atomic E-state index is 12.1. The van der Waals surface area contributed by atoms with Crippen LogP contribution in [0, 0.1) is 5.92 Å². The molecule has 1 aliphatic rings. The lowest BCUT2D eigenvalue weighted by molar-refractivity contribution is -0.126. The van der Waals surface area contributed by atoms with Gasteiger partial charge in [0.15, 0.2) is 0 Å². The largest absolute Gasteiger partial charge is 0.368 e. The number of nitrogens with one attached hydrogen (secondary N) is 1. The van der Waals surface area contributed by atoms with Gasteiger partial charge in [0, 0.05) is 6.04 Å². The van der Waals surface area contributed by atoms with Crippen molar-refractivity contribution in [3.8, 4) is 0 Å². The molecule has 0 aromatic rings. The zero-order chi connectivity index (χ0) is 15.9. The Hall–Kier alpha value is -0.610. The summed E-state index contributed by atoms with van der Waals surface area (Å²) in [6.07, 6.45) is 7.61. The molecule has 4 heteroatoms. The Labute approximate surface area is 130 Å². The van der Waals surface area contributed by atoms with Crippen LogP contribution in [0.15, 0.2) is 0 Å². The van der Waals surface area contributed by atoms with Gasteiger partial charge in [-0.05, 0) is 64.6 Å². The predicted octanol–water partition coefficient (Wildman–Crippen LogP) is 2.52. The van der Waals surface area contributed by atoms with Gasteiger partial charge in [-0.15, -0.1) is 0 Å². The summed E-state index contributed by atoms with van der Waals surface area (Å²) in [6.45, 7) is 8.56. The minimum Gasteiger partial charge on any atom is -0.368 e. The van der Waals surface area contributed by atoms with E-state index < -0.39 is 5.54 Å². The normalized spacial score (nSPS) is 25.9. The standard InChI is InChI=1S/C17H35N3O/c1-5-12-19-17(16(18)21)11-8-9-14(17)10-13-20(4)15(6-2)7-3/h14-15,19H,5-13H2,1-4H3,(H2,18,21). The van der Waals surface area contributed by atoms with Crippen LogP contribution in [-0.4, -0.2) is 42.5 Å². The van der Waals surface area contributed by atoms with E-state index in [-0.39, 0.29) is 5.91 Å². The van der Waals surface area contributed by atoms with Crippen molar-refractivity contribution in [2.75, 3.05) is 20.1 Å². The summed E-state index contributed by atoms with van der Waals surface area (Å²) in [5, 5.41) is 3.48. The topological polar surface area (TPSA) is 58.4 Å². The monoisotopic (exact) mass is 297 g/mol. The van der Waals surface area contributed by atoms with Crippen LogP contribution in [0.5, 0.6) is 0 Å². The molecule has 1 saturated carbocycles. The summed E-state index contributed by atoms with van der Waals surface area (Å²) < 4.78 is 0. The van der Waals surface area contributed by atoms with Gasteiger partial charge >= 0.3 is 0 Å². The van der Waals surface area contributed by atoms with Gasteiger partial charge in [-0.3, -0.25) is 4.79 Å². The van der Waals surface area contributed by atoms with E-state index in [4.69, 9.17) is 5.73 Å². The number of rotatable bonds is 10. The Kier molecular flexibility index (Phi) is 7.67. The maximum absolute atomic E-state index is 12.1. The second kappa shape index (κ2) is 8.74. The van der Waals surface area contributed by atoms with E-state index >= 15 is 0 Å². The molecule has 2 unspecified atom stereocenters. The van der Waals surface area contributed by atoms with Gasteiger partial charge in [0.05, 0.1) is 0 Å². The van der Waals surface area contributed by atoms with Crippen molar-refractivity contribution in [3.63, 3.8) is 0 Å². The third kappa shape index (κ3) is 4.43. The van der Waals surface area contributed by atoms with Gasteiger partial charge in [0.1, 0.15) is 5.54 Å². The smallest absolute Gasteiger partial charge is 0.238 e. The molecule has 0 saturated heterocycles. The molecule has 0 aromatic heterocycles. The molecule has 1 aliphatic carbocycles. The maximum Gasteiger partial charge on any atom is 0.238 e. The van der Waals surface area contributed by atoms with Crippen LogP contribution in [0.4, 0.5) is 0 Å². The molecule has 3 N–H and O–H groups in total. The van der Waals surface area contributed by atoms with Crippen molar-refractivity contribution < 1.29 is 4.79 Å². The van der Waals surface area contributed by atoms with Gasteiger partial charge in [0.25, 0.3) is 0 Å². The average Bonchev–Trinajstić information content (AvgIpc) is 2.88. The molecular weight excluding hydrogens is 262 g/mol. The van der Waals surface area contributed by atoms with Crippen LogP contribution in [0.1, 0.15) is 65.7 Å². The number of nitrogens with zero attached hydrogens (tertiary/aromatic N) is 1. The molecule has 4 nitrogen and oxygen atoms in total. The highest BCUT2D eigenvalue weighted by Gasteiger charge is 2.46. The third-order valence-corrected chi connectivity index (χ3v) is 5.35. The minimum atomic E-state index is -0.454. The van der Waals surface area contributed by atoms with Crippen molar-refractivity contribution in [1.29, 1.82) is 0 Å². The highest BCUT2D eigenvalue weighted by molar-refractivity contribution is 5.85. The summed E-state index contributed by atoms with van der Waals surface area (Å²) in [6, 6.07) is 0.651. The molecular formula is C17H35N3O. The van der Waals surface area contributed by atoms with Crippen molar-refractivity contribution in [2.45, 2.75) is 77.3 Å². The molecule has 2 atom stereocenters. The highest BCUT2D eigenvalue weighted by Crippen LogP contribution is 2.38. The molecule has 0 spiro atoms. The molecule has 1 amide bonds. The first-order chi connectivity index (χ1) is 10.0. The number of primary amides is 1. The number of amides is 1. The van der Waals surface area contributed by atoms with Gasteiger partial charge in [0.2, 0.25) is 5.91 Å². The fourth-order valence-electron chi connectivity index (χ4n) is 3.91. The Morgan fingerprint density at radius 2 is 2.05 bits per heavy atom. The zero-order valence-corrected chi connectivity index (χ0v) is 14.5. The number of hydrogen-bond acceptors (Lipinski definition) is 3. The lowest BCUT2D eigenvalue weighted by atomic mass is 9.83. The summed E-state index contributed by atoms with van der Waals surface area (Å²) in [4.78, 5) is 14.5. The first-order valence-electron chi connectivity index (χ1n) is 8.76. The van der Waals surface area contributed by atoms with Crippen LogP contribution in [0.3, 0.4) is 0 Å². The lowest BCUT2D eigenvalue weighted by Gasteiger charge is -2.35. The zero-order valence-electron chi connectivity index (χ0n) is 14.5. The van der Waals surface area contributed by atoms with Crippen molar-refractivity contribution >= 4 is 5.91 Å². The molecule has 1 rings (SSSR count). The SMILES string of the molecule is CCCNC1(C(N)=O)CCCC1CCN(C)C(CC)CC. The highest BCUT2D eigenvalue weighted by atomic mass is 16.1. The number of nitrogens with two attached hydrogens (primary N) is 1. The third-order valence-electron chi connectivity index (χ3n) is 5.35. The molecule has 124 valence electrons. The van der Waals surface area contributed by atoms with E-state index in [9.17, 15) is 4.79 Å². The van der Waals surface area contributed by atoms with E-state index in [0.717, 1.165) is 45.2 Å². The fraction of sp³-hybridized carbons (Fsp3) is 0.941. The van der Waals surface area contributed by atoms with E-state index in [1.165, 1.54) is 12.8 Å². The number of carbonyl (C=O) groups is 1. The molecule has 0 aromatic carbocycles. The van der Waals surface area contributed by atoms with Gasteiger partial charge in [-0.25, -0.2) is 0 Å². The Bertz CT molecular complexity index is 317. The first kappa shape index (κ1) is 18.4. The summed E-state index contributed by atoms with van der Waals surface area (Å²) in [5.41, 5.74) is 5.31. The Morgan fingerprint density at radius 3 is 2.57 bits per heavy atom. The van der Waals surface area contributed by atoms with Crippen molar-refractivity contribution in [2.24, 2.45) is 11.7 Å². The van der Waals surface area contributed by atoms with Gasteiger partial charge in [-0.2, -0.15) is 0 Å². The second-order valence-electron chi connectivity index (χ2n) is 6.59. The number of hydrogen-bond donors (Lipinski definition) is 2. The first-order valence-corrected chi connectivity index (χ1v) is 8.76. The summed E-state index contributed by atoms with van der Waals surface area (Å²) >= 11 is 0. The van der Waals surface area contributed by atoms with Gasteiger partial charge < -0.3 is 16.0 Å². The predicted molar refractivity (Wildman–Crippen MR) is 89.2 cm³/mol. The van der Waals surface area contributed by atoms with Crippen LogP contribution in [0.25, 0.3) is 0 Å². The summed E-state index contributed by atoms with van der Waals surface area (Å²) in [7, 11) is 2.21. The van der Waals surface area contributed by atoms with Crippen molar-refractivity contribution in [3.05, 3.63) is 0 Å². The average molecular weight is 297 g/mol. The Morgan fingerprint density at radius 1 is 1.38 bits per heavy atom. The van der Waals surface area contributed by atoms with Crippen LogP contribution < -0.4 is 11.1 Å². The molecule has 21 heavy (non-hydrogen) atoms. The van der Waals surface area contributed by atoms with Crippen LogP contribution in [0.2, 0.25) is 0 Å². The molecule has 0 radical (unpaired) electrons. The Balaban J connectivity index is 2.64. The second-order valence-corrected chi connectivity index (χ2v) is 6.59. The van der Waals surface area contributed by atoms with Crippen molar-refractivity contribution in [1.82, 2.24) is 10.2 Å². The van der Waals surface area contributed by atoms with Crippen LogP contribution >= 0.6 is 0 Å². The minimum absolute atomic E-state index is 0.149. The summed E-state index contributed by atoms with van der Waals surface area (Å²) in [5.74, 6) is 0.238. The molecule has 0 heterocycles. The van der Waals surface area contributed by atoms with E-state index in [1.54, 1.807) is 0 Å². The lowest BCUT2D eigenvalue weighted by Crippen LogP contribution is -2.58. The molecule has 0 bridgehead atoms. The van der Waals surface area contributed by atoms with E-state index in [1.807, 2.05) is 0 Å². The quantitative estimate of drug-likeness (QED) is 0.651. The van der Waals surface area contributed by atoms with Crippen LogP contribution in [-0.2, 0) is 4.79 Å².